The second-order valence-corrected chi connectivity index (χ2v) is 7.46. The smallest absolute Gasteiger partial charge is 0.334 e. The molecule has 0 aliphatic carbocycles. The first-order valence-corrected chi connectivity index (χ1v) is 9.02. The number of thiophene rings is 1. The lowest BCUT2D eigenvalue weighted by Gasteiger charge is -2.27. The van der Waals surface area contributed by atoms with Crippen molar-refractivity contribution in [1.29, 1.82) is 0 Å². The van der Waals surface area contributed by atoms with Crippen molar-refractivity contribution in [2.24, 2.45) is 0 Å². The monoisotopic (exact) mass is 393 g/mol. The predicted molar refractivity (Wildman–Crippen MR) is 92.2 cm³/mol. The minimum absolute atomic E-state index is 0.0627. The van der Waals surface area contributed by atoms with Crippen LogP contribution in [0.25, 0.3) is 10.7 Å². The van der Waals surface area contributed by atoms with Gasteiger partial charge in [-0.2, -0.15) is 18.2 Å². The molecule has 0 N–H and O–H groups in total. The minimum atomic E-state index is -4.67. The number of hydrogen-bond acceptors (Lipinski definition) is 5. The van der Waals surface area contributed by atoms with Gasteiger partial charge in [0.1, 0.15) is 0 Å². The number of amides is 1. The molecule has 0 spiro atoms. The molecule has 0 unspecified atom stereocenters. The summed E-state index contributed by atoms with van der Waals surface area (Å²) >= 11 is 1.33. The number of benzene rings is 1. The molecule has 1 aromatic carbocycles. The number of aryl methyl sites for hydroxylation is 1. The van der Waals surface area contributed by atoms with Crippen LogP contribution >= 0.6 is 11.3 Å². The van der Waals surface area contributed by atoms with Crippen molar-refractivity contribution < 1.29 is 22.5 Å². The first-order valence-electron chi connectivity index (χ1n) is 8.20. The van der Waals surface area contributed by atoms with E-state index in [1.54, 1.807) is 23.1 Å². The van der Waals surface area contributed by atoms with Crippen LogP contribution in [0.15, 0.2) is 34.9 Å². The summed E-state index contributed by atoms with van der Waals surface area (Å²) in [5.74, 6) is -1.51. The van der Waals surface area contributed by atoms with E-state index in [0.29, 0.717) is 30.0 Å². The molecule has 4 rings (SSSR count). The molecular formula is C18H14F3N3O2S. The standard InChI is InChI=1S/C18H14F3N3O2S/c1-10-2-4-11(5-3-10)16(25)24-7-6-13-12(9-24)8-14(27-13)15-22-17(26-23-15)18(19,20)21/h2-5,8H,6-7,9H2,1H3. The van der Waals surface area contributed by atoms with Crippen molar-refractivity contribution in [3.8, 4) is 10.7 Å². The zero-order valence-corrected chi connectivity index (χ0v) is 15.0. The fourth-order valence-electron chi connectivity index (χ4n) is 2.93. The first-order chi connectivity index (χ1) is 12.8. The van der Waals surface area contributed by atoms with Gasteiger partial charge in [0.2, 0.25) is 5.82 Å². The molecule has 5 nitrogen and oxygen atoms in total. The molecule has 1 aliphatic heterocycles. The summed E-state index contributed by atoms with van der Waals surface area (Å²) in [4.78, 5) is 19.4. The van der Waals surface area contributed by atoms with Crippen LogP contribution < -0.4 is 0 Å². The Morgan fingerprint density at radius 2 is 2.00 bits per heavy atom. The summed E-state index contributed by atoms with van der Waals surface area (Å²) in [6, 6.07) is 9.10. The van der Waals surface area contributed by atoms with Crippen molar-refractivity contribution in [2.75, 3.05) is 6.54 Å². The van der Waals surface area contributed by atoms with Gasteiger partial charge in [0, 0.05) is 23.5 Å². The fraction of sp³-hybridized carbons (Fsp3) is 0.278. The number of nitrogens with zero attached hydrogens (tertiary/aromatic N) is 3. The maximum atomic E-state index is 12.7. The van der Waals surface area contributed by atoms with Gasteiger partial charge in [-0.3, -0.25) is 4.79 Å². The van der Waals surface area contributed by atoms with Crippen molar-refractivity contribution >= 4 is 17.2 Å². The van der Waals surface area contributed by atoms with E-state index in [9.17, 15) is 18.0 Å². The Kier molecular flexibility index (Phi) is 4.26. The van der Waals surface area contributed by atoms with E-state index in [-0.39, 0.29) is 11.7 Å². The van der Waals surface area contributed by atoms with Crippen molar-refractivity contribution in [3.05, 3.63) is 57.8 Å². The van der Waals surface area contributed by atoms with Gasteiger partial charge in [0.15, 0.2) is 0 Å². The average molecular weight is 393 g/mol. The van der Waals surface area contributed by atoms with Gasteiger partial charge in [-0.05, 0) is 37.1 Å². The van der Waals surface area contributed by atoms with Crippen molar-refractivity contribution in [2.45, 2.75) is 26.1 Å². The van der Waals surface area contributed by atoms with E-state index in [2.05, 4.69) is 14.7 Å². The summed E-state index contributed by atoms with van der Waals surface area (Å²) in [7, 11) is 0. The third kappa shape index (κ3) is 3.46. The van der Waals surface area contributed by atoms with Crippen LogP contribution in [-0.2, 0) is 19.1 Å². The number of alkyl halides is 3. The summed E-state index contributed by atoms with van der Waals surface area (Å²) in [6.45, 7) is 2.92. The zero-order chi connectivity index (χ0) is 19.2. The second kappa shape index (κ2) is 6.49. The zero-order valence-electron chi connectivity index (χ0n) is 14.2. The van der Waals surface area contributed by atoms with Gasteiger partial charge in [0.05, 0.1) is 4.88 Å². The van der Waals surface area contributed by atoms with E-state index >= 15 is 0 Å². The molecule has 27 heavy (non-hydrogen) atoms. The van der Waals surface area contributed by atoms with Gasteiger partial charge in [-0.25, -0.2) is 0 Å². The van der Waals surface area contributed by atoms with E-state index < -0.39 is 12.1 Å². The number of hydrogen-bond donors (Lipinski definition) is 0. The molecule has 0 atom stereocenters. The molecule has 2 aromatic heterocycles. The van der Waals surface area contributed by atoms with Gasteiger partial charge >= 0.3 is 12.1 Å². The second-order valence-electron chi connectivity index (χ2n) is 6.32. The molecule has 0 saturated heterocycles. The fourth-order valence-corrected chi connectivity index (χ4v) is 4.02. The van der Waals surface area contributed by atoms with Gasteiger partial charge in [-0.15, -0.1) is 11.3 Å². The van der Waals surface area contributed by atoms with Crippen LogP contribution in [0.1, 0.15) is 32.3 Å². The van der Waals surface area contributed by atoms with Crippen LogP contribution in [0.3, 0.4) is 0 Å². The Hall–Kier alpha value is -2.68. The predicted octanol–water partition coefficient (Wildman–Crippen LogP) is 4.32. The molecule has 0 saturated carbocycles. The Bertz CT molecular complexity index is 992. The number of carbonyl (C=O) groups is 1. The third-order valence-corrected chi connectivity index (χ3v) is 5.57. The molecule has 0 radical (unpaired) electrons. The number of rotatable bonds is 2. The van der Waals surface area contributed by atoms with Gasteiger partial charge in [0.25, 0.3) is 5.91 Å². The Morgan fingerprint density at radius 3 is 2.67 bits per heavy atom. The highest BCUT2D eigenvalue weighted by molar-refractivity contribution is 7.15. The quantitative estimate of drug-likeness (QED) is 0.651. The van der Waals surface area contributed by atoms with E-state index in [4.69, 9.17) is 0 Å². The van der Waals surface area contributed by atoms with Crippen molar-refractivity contribution in [3.63, 3.8) is 0 Å². The van der Waals surface area contributed by atoms with Crippen LogP contribution in [-0.4, -0.2) is 27.5 Å². The van der Waals surface area contributed by atoms with Crippen molar-refractivity contribution in [1.82, 2.24) is 15.0 Å². The highest BCUT2D eigenvalue weighted by Gasteiger charge is 2.38. The largest absolute Gasteiger partial charge is 0.471 e. The van der Waals surface area contributed by atoms with Crippen LogP contribution in [0.5, 0.6) is 0 Å². The first kappa shape index (κ1) is 17.7. The SMILES string of the molecule is Cc1ccc(C(=O)N2CCc3sc(-c4noc(C(F)(F)F)n4)cc3C2)cc1. The maximum absolute atomic E-state index is 12.7. The minimum Gasteiger partial charge on any atom is -0.334 e. The number of fused-ring (bicyclic) bond motifs is 1. The van der Waals surface area contributed by atoms with E-state index in [1.165, 1.54) is 11.3 Å². The summed E-state index contributed by atoms with van der Waals surface area (Å²) in [5, 5.41) is 3.43. The lowest BCUT2D eigenvalue weighted by Crippen LogP contribution is -2.35. The van der Waals surface area contributed by atoms with Crippen LogP contribution in [0, 0.1) is 6.92 Å². The lowest BCUT2D eigenvalue weighted by molar-refractivity contribution is -0.159. The molecule has 140 valence electrons. The summed E-state index contributed by atoms with van der Waals surface area (Å²) in [6.07, 6.45) is -4.03. The Morgan fingerprint density at radius 1 is 1.26 bits per heavy atom. The van der Waals surface area contributed by atoms with Gasteiger partial charge in [-0.1, -0.05) is 22.9 Å². The lowest BCUT2D eigenvalue weighted by atomic mass is 10.1. The Balaban J connectivity index is 1.55. The van der Waals surface area contributed by atoms with E-state index in [0.717, 1.165) is 16.0 Å². The number of aromatic nitrogens is 2. The number of halogens is 3. The molecular weight excluding hydrogens is 379 g/mol. The van der Waals surface area contributed by atoms with Crippen LogP contribution in [0.4, 0.5) is 13.2 Å². The molecule has 3 aromatic rings. The third-order valence-electron chi connectivity index (χ3n) is 4.34. The molecule has 9 heteroatoms. The summed E-state index contributed by atoms with van der Waals surface area (Å²) < 4.78 is 42.2. The molecule has 0 fully saturated rings. The highest BCUT2D eigenvalue weighted by atomic mass is 32.1. The normalized spacial score (nSPS) is 14.3. The van der Waals surface area contributed by atoms with Crippen LogP contribution in [0.2, 0.25) is 0 Å². The molecule has 3 heterocycles. The summed E-state index contributed by atoms with van der Waals surface area (Å²) in [5.41, 5.74) is 2.60. The molecule has 1 aliphatic rings. The average Bonchev–Trinajstić information content (AvgIpc) is 3.27. The maximum Gasteiger partial charge on any atom is 0.471 e. The van der Waals surface area contributed by atoms with E-state index in [1.807, 2.05) is 19.1 Å². The van der Waals surface area contributed by atoms with Gasteiger partial charge < -0.3 is 9.42 Å². The Labute approximate surface area is 156 Å². The topological polar surface area (TPSA) is 59.2 Å². The highest BCUT2D eigenvalue weighted by Crippen LogP contribution is 2.35. The molecule has 0 bridgehead atoms. The molecule has 1 amide bonds. The number of carbonyl (C=O) groups excluding carboxylic acids is 1.